The van der Waals surface area contributed by atoms with E-state index in [9.17, 15) is 4.39 Å². The molecule has 0 bridgehead atoms. The monoisotopic (exact) mass is 355 g/mol. The largest absolute Gasteiger partial charge is 0.365 e. The van der Waals surface area contributed by atoms with Gasteiger partial charge in [0.05, 0.1) is 23.6 Å². The molecule has 0 amide bonds. The van der Waals surface area contributed by atoms with E-state index in [1.165, 1.54) is 0 Å². The second-order valence-electron chi connectivity index (χ2n) is 6.56. The van der Waals surface area contributed by atoms with Gasteiger partial charge in [-0.1, -0.05) is 6.07 Å². The summed E-state index contributed by atoms with van der Waals surface area (Å²) in [4.78, 5) is 17.6. The van der Waals surface area contributed by atoms with Crippen LogP contribution in [-0.4, -0.2) is 40.0 Å². The first-order valence-corrected chi connectivity index (χ1v) is 9.17. The fraction of sp³-hybridized carbons (Fsp3) is 0.450. The highest BCUT2D eigenvalue weighted by atomic mass is 19.1. The number of hydrogen-bond acceptors (Lipinski definition) is 5. The van der Waals surface area contributed by atoms with Crippen LogP contribution in [-0.2, 0) is 13.0 Å². The van der Waals surface area contributed by atoms with Crippen molar-refractivity contribution in [3.8, 4) is 0 Å². The average molecular weight is 355 g/mol. The molecule has 0 fully saturated rings. The highest BCUT2D eigenvalue weighted by molar-refractivity contribution is 5.67. The molecule has 138 valence electrons. The molecular weight excluding hydrogens is 329 g/mol. The van der Waals surface area contributed by atoms with Crippen molar-refractivity contribution in [2.45, 2.75) is 40.2 Å². The van der Waals surface area contributed by atoms with Crippen LogP contribution in [0.2, 0.25) is 0 Å². The van der Waals surface area contributed by atoms with Crippen molar-refractivity contribution in [2.24, 2.45) is 0 Å². The average Bonchev–Trinajstić information content (AvgIpc) is 2.62. The quantitative estimate of drug-likeness (QED) is 0.790. The van der Waals surface area contributed by atoms with Crippen LogP contribution in [0.5, 0.6) is 0 Å². The smallest absolute Gasteiger partial charge is 0.132 e. The lowest BCUT2D eigenvalue weighted by atomic mass is 9.98. The Labute approximate surface area is 154 Å². The zero-order chi connectivity index (χ0) is 18.7. The molecule has 0 saturated carbocycles. The van der Waals surface area contributed by atoms with Gasteiger partial charge in [0.2, 0.25) is 0 Å². The number of aryl methyl sites for hydroxylation is 2. The summed E-state index contributed by atoms with van der Waals surface area (Å²) in [5.41, 5.74) is 3.30. The van der Waals surface area contributed by atoms with Gasteiger partial charge in [-0.2, -0.15) is 0 Å². The van der Waals surface area contributed by atoms with Crippen molar-refractivity contribution >= 4 is 11.5 Å². The van der Waals surface area contributed by atoms with Crippen LogP contribution in [0.15, 0.2) is 30.2 Å². The molecule has 6 heteroatoms. The molecule has 1 aliphatic rings. The normalized spacial score (nSPS) is 13.6. The summed E-state index contributed by atoms with van der Waals surface area (Å²) >= 11 is 0. The first-order chi connectivity index (χ1) is 12.5. The van der Waals surface area contributed by atoms with Crippen molar-refractivity contribution < 1.29 is 4.39 Å². The molecule has 0 atom stereocenters. The summed E-state index contributed by atoms with van der Waals surface area (Å²) in [6.07, 6.45) is 2.84. The number of halogens is 1. The fourth-order valence-corrected chi connectivity index (χ4v) is 3.46. The van der Waals surface area contributed by atoms with Crippen LogP contribution < -0.4 is 4.90 Å². The van der Waals surface area contributed by atoms with E-state index in [1.54, 1.807) is 6.20 Å². The van der Waals surface area contributed by atoms with Gasteiger partial charge in [-0.05, 0) is 38.8 Å². The van der Waals surface area contributed by atoms with Crippen LogP contribution >= 0.6 is 0 Å². The first-order valence-electron chi connectivity index (χ1n) is 9.17. The maximum atomic E-state index is 14.6. The van der Waals surface area contributed by atoms with Gasteiger partial charge in [-0.3, -0.25) is 4.98 Å². The van der Waals surface area contributed by atoms with Gasteiger partial charge < -0.3 is 9.80 Å². The van der Waals surface area contributed by atoms with Gasteiger partial charge >= 0.3 is 0 Å². The minimum absolute atomic E-state index is 0.103. The highest BCUT2D eigenvalue weighted by Gasteiger charge is 2.23. The number of anilines is 1. The number of fused-ring (bicyclic) bond motifs is 1. The Morgan fingerprint density at radius 3 is 2.65 bits per heavy atom. The third-order valence-corrected chi connectivity index (χ3v) is 4.73. The van der Waals surface area contributed by atoms with E-state index in [4.69, 9.17) is 0 Å². The molecule has 2 aromatic heterocycles. The van der Waals surface area contributed by atoms with Gasteiger partial charge in [0.1, 0.15) is 17.5 Å². The van der Waals surface area contributed by atoms with Crippen LogP contribution in [0.25, 0.3) is 5.70 Å². The van der Waals surface area contributed by atoms with Crippen LogP contribution in [0.3, 0.4) is 0 Å². The lowest BCUT2D eigenvalue weighted by Gasteiger charge is -2.27. The summed E-state index contributed by atoms with van der Waals surface area (Å²) in [6, 6.07) is 5.93. The van der Waals surface area contributed by atoms with Gasteiger partial charge in [0, 0.05) is 38.8 Å². The zero-order valence-electron chi connectivity index (χ0n) is 16.0. The standard InChI is InChI=1S/C20H26FN5/c1-5-26(6-2)18-12-16(23-14(3)24-18)13-25(4)20-17(21)10-9-15-8-7-11-22-19(15)20/h7-8,11-12H,5-6,9-10,13H2,1-4H3. The first kappa shape index (κ1) is 18.3. The Morgan fingerprint density at radius 1 is 1.15 bits per heavy atom. The Balaban J connectivity index is 1.89. The molecule has 2 aromatic rings. The molecule has 1 aliphatic carbocycles. The number of aromatic nitrogens is 3. The molecule has 0 aromatic carbocycles. The summed E-state index contributed by atoms with van der Waals surface area (Å²) in [7, 11) is 1.90. The molecule has 0 saturated heterocycles. The SMILES string of the molecule is CCN(CC)c1cc(CN(C)C2=C(F)CCc3cccnc32)nc(C)n1. The van der Waals surface area contributed by atoms with Gasteiger partial charge in [0.25, 0.3) is 0 Å². The Morgan fingerprint density at radius 2 is 1.92 bits per heavy atom. The number of allylic oxidation sites excluding steroid dienone is 1. The van der Waals surface area contributed by atoms with Crippen molar-refractivity contribution in [3.63, 3.8) is 0 Å². The second kappa shape index (κ2) is 7.81. The fourth-order valence-electron chi connectivity index (χ4n) is 3.46. The van der Waals surface area contributed by atoms with E-state index in [0.717, 1.165) is 41.7 Å². The molecule has 26 heavy (non-hydrogen) atoms. The van der Waals surface area contributed by atoms with Crippen molar-refractivity contribution in [3.05, 3.63) is 53.0 Å². The van der Waals surface area contributed by atoms with E-state index in [1.807, 2.05) is 37.1 Å². The van der Waals surface area contributed by atoms with Crippen molar-refractivity contribution in [1.82, 2.24) is 19.9 Å². The van der Waals surface area contributed by atoms with Crippen molar-refractivity contribution in [1.29, 1.82) is 0 Å². The van der Waals surface area contributed by atoms with Gasteiger partial charge in [0.15, 0.2) is 0 Å². The maximum Gasteiger partial charge on any atom is 0.132 e. The summed E-state index contributed by atoms with van der Waals surface area (Å²) in [6.45, 7) is 8.40. The lowest BCUT2D eigenvalue weighted by molar-refractivity contribution is 0.437. The van der Waals surface area contributed by atoms with Crippen LogP contribution in [0.1, 0.15) is 43.0 Å². The van der Waals surface area contributed by atoms with E-state index in [0.29, 0.717) is 25.1 Å². The van der Waals surface area contributed by atoms with E-state index in [2.05, 4.69) is 33.7 Å². The molecule has 0 N–H and O–H groups in total. The van der Waals surface area contributed by atoms with E-state index < -0.39 is 0 Å². The van der Waals surface area contributed by atoms with Crippen LogP contribution in [0.4, 0.5) is 10.2 Å². The maximum absolute atomic E-state index is 14.6. The third-order valence-electron chi connectivity index (χ3n) is 4.73. The summed E-state index contributed by atoms with van der Waals surface area (Å²) in [5, 5.41) is 0. The topological polar surface area (TPSA) is 45.2 Å². The van der Waals surface area contributed by atoms with E-state index >= 15 is 0 Å². The van der Waals surface area contributed by atoms with E-state index in [-0.39, 0.29) is 5.83 Å². The molecular formula is C20H26FN5. The lowest BCUT2D eigenvalue weighted by Crippen LogP contribution is -2.25. The van der Waals surface area contributed by atoms with Gasteiger partial charge in [-0.25, -0.2) is 14.4 Å². The predicted octanol–water partition coefficient (Wildman–Crippen LogP) is 3.74. The predicted molar refractivity (Wildman–Crippen MR) is 102 cm³/mol. The highest BCUT2D eigenvalue weighted by Crippen LogP contribution is 2.33. The number of rotatable bonds is 6. The Kier molecular flexibility index (Phi) is 5.49. The second-order valence-corrected chi connectivity index (χ2v) is 6.56. The molecule has 0 unspecified atom stereocenters. The summed E-state index contributed by atoms with van der Waals surface area (Å²) in [5.74, 6) is 1.55. The van der Waals surface area contributed by atoms with Crippen LogP contribution in [0, 0.1) is 6.92 Å². The minimum atomic E-state index is -0.103. The number of nitrogens with zero attached hydrogens (tertiary/aromatic N) is 5. The zero-order valence-corrected chi connectivity index (χ0v) is 16.0. The molecule has 0 spiro atoms. The number of hydrogen-bond donors (Lipinski definition) is 0. The van der Waals surface area contributed by atoms with Crippen molar-refractivity contribution in [2.75, 3.05) is 25.0 Å². The van der Waals surface area contributed by atoms with Gasteiger partial charge in [-0.15, -0.1) is 0 Å². The Hall–Kier alpha value is -2.50. The minimum Gasteiger partial charge on any atom is -0.365 e. The molecule has 0 aliphatic heterocycles. The molecule has 0 radical (unpaired) electrons. The summed E-state index contributed by atoms with van der Waals surface area (Å²) < 4.78 is 14.6. The Bertz CT molecular complexity index is 814. The number of pyridine rings is 1. The third kappa shape index (κ3) is 3.69. The molecule has 3 rings (SSSR count). The molecule has 5 nitrogen and oxygen atoms in total. The molecule has 2 heterocycles.